The third kappa shape index (κ3) is 4.94. The molecule has 0 amide bonds. The molecule has 3 N–H and O–H groups in total. The third-order valence-electron chi connectivity index (χ3n) is 4.69. The average Bonchev–Trinajstić information content (AvgIpc) is 3.11. The first-order chi connectivity index (χ1) is 16.1. The van der Waals surface area contributed by atoms with Crippen LogP contribution >= 0.6 is 0 Å². The maximum atomic E-state index is 13.0. The second-order valence-electron chi connectivity index (χ2n) is 6.88. The van der Waals surface area contributed by atoms with Crippen LogP contribution in [-0.4, -0.2) is 52.2 Å². The Kier molecular flexibility index (Phi) is 7.07. The number of oxime groups is 1. The average molecular weight is 491 g/mol. The van der Waals surface area contributed by atoms with Crippen LogP contribution in [0.3, 0.4) is 0 Å². The minimum atomic E-state index is -3.72. The van der Waals surface area contributed by atoms with E-state index in [4.69, 9.17) is 10.6 Å². The number of nitro benzene ring substituents is 1. The predicted octanol–water partition coefficient (Wildman–Crippen LogP) is 0.247. The van der Waals surface area contributed by atoms with Gasteiger partial charge in [0.05, 0.1) is 10.7 Å². The molecule has 0 radical (unpaired) electrons. The molecule has 0 saturated carbocycles. The van der Waals surface area contributed by atoms with E-state index in [0.29, 0.717) is 0 Å². The molecule has 2 heterocycles. The molecule has 180 valence electrons. The summed E-state index contributed by atoms with van der Waals surface area (Å²) in [5.74, 6) is -0.578. The molecule has 0 spiro atoms. The van der Waals surface area contributed by atoms with Crippen molar-refractivity contribution in [1.82, 2.24) is 24.1 Å². The molecule has 0 bridgehead atoms. The standard InChI is InChI=1S/C19H22N8O6S/c1-4-33-24-17(20)13-10-9-12(11-34(31,32)21-2)16(22-13)18-23-26(19(28)25(18)3)14-7-5-6-8-15(14)27(29)30/h5-10,21H,4,11H2,1-3H3,(H2,20,24). The number of nitrogens with two attached hydrogens (primary N) is 1. The number of hydrogen-bond acceptors (Lipinski definition) is 9. The fourth-order valence-corrected chi connectivity index (χ4v) is 3.78. The molecular formula is C19H22N8O6S. The number of benzene rings is 1. The van der Waals surface area contributed by atoms with Crippen LogP contribution < -0.4 is 16.1 Å². The predicted molar refractivity (Wildman–Crippen MR) is 123 cm³/mol. The fraction of sp³-hybridized carbons (Fsp3) is 0.263. The lowest BCUT2D eigenvalue weighted by molar-refractivity contribution is -0.384. The summed E-state index contributed by atoms with van der Waals surface area (Å²) >= 11 is 0. The van der Waals surface area contributed by atoms with Crippen LogP contribution in [0.5, 0.6) is 0 Å². The van der Waals surface area contributed by atoms with Crippen molar-refractivity contribution in [3.63, 3.8) is 0 Å². The lowest BCUT2D eigenvalue weighted by Gasteiger charge is -2.10. The molecule has 0 aliphatic heterocycles. The van der Waals surface area contributed by atoms with Gasteiger partial charge in [-0.1, -0.05) is 23.4 Å². The van der Waals surface area contributed by atoms with Crippen molar-refractivity contribution in [3.8, 4) is 17.2 Å². The van der Waals surface area contributed by atoms with Crippen LogP contribution in [0, 0.1) is 10.1 Å². The number of nitrogens with one attached hydrogen (secondary N) is 1. The van der Waals surface area contributed by atoms with Gasteiger partial charge in [0, 0.05) is 13.1 Å². The maximum absolute atomic E-state index is 13.0. The van der Waals surface area contributed by atoms with Gasteiger partial charge < -0.3 is 10.6 Å². The van der Waals surface area contributed by atoms with Crippen molar-refractivity contribution in [2.24, 2.45) is 17.9 Å². The minimum Gasteiger partial charge on any atom is -0.394 e. The second-order valence-corrected chi connectivity index (χ2v) is 8.81. The zero-order valence-corrected chi connectivity index (χ0v) is 19.3. The summed E-state index contributed by atoms with van der Waals surface area (Å²) < 4.78 is 28.6. The van der Waals surface area contributed by atoms with Crippen LogP contribution in [0.25, 0.3) is 17.2 Å². The Balaban J connectivity index is 2.26. The van der Waals surface area contributed by atoms with Gasteiger partial charge in [0.15, 0.2) is 11.7 Å². The zero-order chi connectivity index (χ0) is 25.0. The Labute approximate surface area is 193 Å². The smallest absolute Gasteiger partial charge is 0.351 e. The topological polar surface area (TPSA) is 190 Å². The Morgan fingerprint density at radius 3 is 2.65 bits per heavy atom. The van der Waals surface area contributed by atoms with E-state index in [0.717, 1.165) is 9.25 Å². The summed E-state index contributed by atoms with van der Waals surface area (Å²) in [4.78, 5) is 33.1. The molecule has 0 aliphatic rings. The number of rotatable bonds is 9. The second kappa shape index (κ2) is 9.80. The minimum absolute atomic E-state index is 0.0305. The van der Waals surface area contributed by atoms with Crippen molar-refractivity contribution >= 4 is 21.5 Å². The highest BCUT2D eigenvalue weighted by Gasteiger charge is 2.24. The fourth-order valence-electron chi connectivity index (χ4n) is 3.00. The summed E-state index contributed by atoms with van der Waals surface area (Å²) in [6.07, 6.45) is 0. The molecule has 34 heavy (non-hydrogen) atoms. The van der Waals surface area contributed by atoms with E-state index >= 15 is 0 Å². The van der Waals surface area contributed by atoms with Gasteiger partial charge in [-0.15, -0.1) is 5.10 Å². The van der Waals surface area contributed by atoms with E-state index < -0.39 is 26.4 Å². The Hall–Kier alpha value is -4.11. The van der Waals surface area contributed by atoms with Gasteiger partial charge in [0.25, 0.3) is 5.69 Å². The number of pyridine rings is 1. The molecule has 15 heteroatoms. The van der Waals surface area contributed by atoms with E-state index in [1.54, 1.807) is 6.92 Å². The van der Waals surface area contributed by atoms with E-state index in [2.05, 4.69) is 20.0 Å². The number of nitro groups is 1. The molecule has 0 atom stereocenters. The quantitative estimate of drug-likeness (QED) is 0.183. The molecule has 0 fully saturated rings. The monoisotopic (exact) mass is 490 g/mol. The first-order valence-electron chi connectivity index (χ1n) is 9.86. The number of nitrogens with zero attached hydrogens (tertiary/aromatic N) is 6. The SMILES string of the molecule is CCO/N=C(\N)c1ccc(CS(=O)(=O)NC)c(-c2nn(-c3ccccc3[N+](=O)[O-])c(=O)n2C)n1. The normalized spacial score (nSPS) is 12.0. The molecule has 1 aromatic carbocycles. The van der Waals surface area contributed by atoms with Crippen LogP contribution in [0.2, 0.25) is 0 Å². The van der Waals surface area contributed by atoms with Gasteiger partial charge >= 0.3 is 5.69 Å². The van der Waals surface area contributed by atoms with Crippen molar-refractivity contribution in [1.29, 1.82) is 0 Å². The summed E-state index contributed by atoms with van der Waals surface area (Å²) in [6, 6.07) is 8.53. The van der Waals surface area contributed by atoms with E-state index in [1.807, 2.05) is 0 Å². The summed E-state index contributed by atoms with van der Waals surface area (Å²) in [6.45, 7) is 1.98. The van der Waals surface area contributed by atoms with Crippen LogP contribution in [-0.2, 0) is 27.7 Å². The van der Waals surface area contributed by atoms with Gasteiger partial charge in [0.1, 0.15) is 23.7 Å². The number of sulfonamides is 1. The molecule has 0 aliphatic carbocycles. The van der Waals surface area contributed by atoms with E-state index in [9.17, 15) is 23.3 Å². The van der Waals surface area contributed by atoms with Gasteiger partial charge in [-0.25, -0.2) is 22.9 Å². The van der Waals surface area contributed by atoms with Gasteiger partial charge in [0.2, 0.25) is 10.0 Å². The summed E-state index contributed by atoms with van der Waals surface area (Å²) in [5, 5.41) is 19.4. The molecule has 14 nitrogen and oxygen atoms in total. The van der Waals surface area contributed by atoms with Crippen LogP contribution in [0.4, 0.5) is 5.69 Å². The lowest BCUT2D eigenvalue weighted by Crippen LogP contribution is -2.23. The van der Waals surface area contributed by atoms with E-state index in [1.165, 1.54) is 50.5 Å². The maximum Gasteiger partial charge on any atom is 0.351 e. The highest BCUT2D eigenvalue weighted by molar-refractivity contribution is 7.88. The van der Waals surface area contributed by atoms with Gasteiger partial charge in [-0.2, -0.15) is 4.68 Å². The summed E-state index contributed by atoms with van der Waals surface area (Å²) in [5.41, 5.74) is 5.22. The lowest BCUT2D eigenvalue weighted by atomic mass is 10.1. The van der Waals surface area contributed by atoms with Crippen molar-refractivity contribution in [2.75, 3.05) is 13.7 Å². The van der Waals surface area contributed by atoms with Crippen molar-refractivity contribution < 1.29 is 18.2 Å². The van der Waals surface area contributed by atoms with Gasteiger partial charge in [-0.05, 0) is 31.7 Å². The van der Waals surface area contributed by atoms with Crippen LogP contribution in [0.1, 0.15) is 18.2 Å². The van der Waals surface area contributed by atoms with Crippen LogP contribution in [0.15, 0.2) is 46.3 Å². The molecule has 0 saturated heterocycles. The third-order valence-corrected chi connectivity index (χ3v) is 6.00. The Morgan fingerprint density at radius 1 is 1.29 bits per heavy atom. The van der Waals surface area contributed by atoms with E-state index in [-0.39, 0.29) is 46.6 Å². The first kappa shape index (κ1) is 24.5. The number of hydrogen-bond donors (Lipinski definition) is 2. The zero-order valence-electron chi connectivity index (χ0n) is 18.5. The number of amidine groups is 1. The Morgan fingerprint density at radius 2 is 2.00 bits per heavy atom. The first-order valence-corrected chi connectivity index (χ1v) is 11.5. The molecule has 2 aromatic heterocycles. The molecular weight excluding hydrogens is 468 g/mol. The largest absolute Gasteiger partial charge is 0.394 e. The van der Waals surface area contributed by atoms with Gasteiger partial charge in [-0.3, -0.25) is 14.7 Å². The molecule has 0 unspecified atom stereocenters. The van der Waals surface area contributed by atoms with Crippen molar-refractivity contribution in [3.05, 3.63) is 68.3 Å². The highest BCUT2D eigenvalue weighted by Crippen LogP contribution is 2.24. The molecule has 3 aromatic rings. The molecule has 3 rings (SSSR count). The summed E-state index contributed by atoms with van der Waals surface area (Å²) in [7, 11) is -1.07. The number of aromatic nitrogens is 4. The highest BCUT2D eigenvalue weighted by atomic mass is 32.2. The van der Waals surface area contributed by atoms with Crippen molar-refractivity contribution in [2.45, 2.75) is 12.7 Å². The Bertz CT molecular complexity index is 1430. The number of para-hydroxylation sites is 2.